The molecule has 1 aromatic carbocycles. The molecule has 0 atom stereocenters. The minimum atomic E-state index is -0.856. The summed E-state index contributed by atoms with van der Waals surface area (Å²) >= 11 is 0. The van der Waals surface area contributed by atoms with Crippen molar-refractivity contribution in [1.29, 1.82) is 0 Å². The van der Waals surface area contributed by atoms with Crippen molar-refractivity contribution in [2.45, 2.75) is 19.8 Å². The zero-order chi connectivity index (χ0) is 14.9. The zero-order valence-electron chi connectivity index (χ0n) is 11.0. The highest BCUT2D eigenvalue weighted by Crippen LogP contribution is 2.36. The minimum absolute atomic E-state index is 0.288. The Kier molecular flexibility index (Phi) is 3.61. The Labute approximate surface area is 115 Å². The van der Waals surface area contributed by atoms with E-state index in [0.29, 0.717) is 31.6 Å². The van der Waals surface area contributed by atoms with Crippen LogP contribution in [0.2, 0.25) is 0 Å². The van der Waals surface area contributed by atoms with Gasteiger partial charge in [0.15, 0.2) is 0 Å². The summed E-state index contributed by atoms with van der Waals surface area (Å²) in [7, 11) is 0. The van der Waals surface area contributed by atoms with Crippen molar-refractivity contribution in [1.82, 2.24) is 0 Å². The molecule has 108 valence electrons. The molecule has 1 saturated heterocycles. The number of aliphatic carboxylic acids is 1. The van der Waals surface area contributed by atoms with Crippen LogP contribution < -0.4 is 4.90 Å². The highest BCUT2D eigenvalue weighted by Gasteiger charge is 2.38. The van der Waals surface area contributed by atoms with Crippen LogP contribution in [0.1, 0.15) is 19.8 Å². The molecule has 0 aliphatic carbocycles. The minimum Gasteiger partial charge on any atom is -0.481 e. The molecule has 2 rings (SSSR count). The van der Waals surface area contributed by atoms with Crippen LogP contribution in [0.5, 0.6) is 0 Å². The third kappa shape index (κ3) is 2.56. The van der Waals surface area contributed by atoms with Crippen LogP contribution in [0.15, 0.2) is 18.2 Å². The van der Waals surface area contributed by atoms with Crippen molar-refractivity contribution in [3.8, 4) is 0 Å². The number of nitro groups is 1. The van der Waals surface area contributed by atoms with Crippen LogP contribution in [-0.2, 0) is 4.79 Å². The fourth-order valence-electron chi connectivity index (χ4n) is 2.37. The van der Waals surface area contributed by atoms with E-state index in [4.69, 9.17) is 5.11 Å². The zero-order valence-corrected chi connectivity index (χ0v) is 11.0. The van der Waals surface area contributed by atoms with Gasteiger partial charge in [0.25, 0.3) is 5.69 Å². The van der Waals surface area contributed by atoms with Gasteiger partial charge in [-0.1, -0.05) is 0 Å². The normalized spacial score (nSPS) is 17.8. The first kappa shape index (κ1) is 14.2. The van der Waals surface area contributed by atoms with Crippen LogP contribution >= 0.6 is 0 Å². The molecule has 1 N–H and O–H groups in total. The van der Waals surface area contributed by atoms with Crippen LogP contribution in [0, 0.1) is 21.3 Å². The second kappa shape index (κ2) is 5.07. The summed E-state index contributed by atoms with van der Waals surface area (Å²) in [5.41, 5.74) is -0.751. The van der Waals surface area contributed by atoms with Gasteiger partial charge < -0.3 is 10.0 Å². The van der Waals surface area contributed by atoms with Gasteiger partial charge in [-0.2, -0.15) is 0 Å². The van der Waals surface area contributed by atoms with E-state index in [9.17, 15) is 19.3 Å². The van der Waals surface area contributed by atoms with E-state index in [2.05, 4.69) is 0 Å². The topological polar surface area (TPSA) is 83.7 Å². The highest BCUT2D eigenvalue weighted by atomic mass is 19.1. The van der Waals surface area contributed by atoms with Crippen molar-refractivity contribution in [3.63, 3.8) is 0 Å². The standard InChI is InChI=1S/C13H15FN2O4/c1-13(12(17)18)4-6-15(7-5-13)10-3-2-9(14)8-11(10)16(19)20/h2-3,8H,4-7H2,1H3,(H,17,18). The van der Waals surface area contributed by atoms with Gasteiger partial charge in [0.05, 0.1) is 16.4 Å². The third-order valence-corrected chi connectivity index (χ3v) is 3.86. The van der Waals surface area contributed by atoms with Crippen molar-refractivity contribution in [2.75, 3.05) is 18.0 Å². The lowest BCUT2D eigenvalue weighted by atomic mass is 9.80. The van der Waals surface area contributed by atoms with E-state index in [1.165, 1.54) is 12.1 Å². The number of carbonyl (C=O) groups is 1. The number of benzene rings is 1. The molecule has 6 nitrogen and oxygen atoms in total. The van der Waals surface area contributed by atoms with Gasteiger partial charge in [-0.15, -0.1) is 0 Å². The van der Waals surface area contributed by atoms with E-state index in [0.717, 1.165) is 6.07 Å². The number of hydrogen-bond donors (Lipinski definition) is 1. The summed E-state index contributed by atoms with van der Waals surface area (Å²) in [6.07, 6.45) is 0.799. The SMILES string of the molecule is CC1(C(=O)O)CCN(c2ccc(F)cc2[N+](=O)[O-])CC1. The maximum atomic E-state index is 13.1. The first-order chi connectivity index (χ1) is 9.33. The molecule has 0 radical (unpaired) electrons. The summed E-state index contributed by atoms with van der Waals surface area (Å²) in [6, 6.07) is 3.44. The molecule has 0 amide bonds. The van der Waals surface area contributed by atoms with Gasteiger partial charge in [0.2, 0.25) is 0 Å². The fraction of sp³-hybridized carbons (Fsp3) is 0.462. The van der Waals surface area contributed by atoms with Crippen LogP contribution in [-0.4, -0.2) is 29.1 Å². The largest absolute Gasteiger partial charge is 0.481 e. The van der Waals surface area contributed by atoms with Crippen LogP contribution in [0.3, 0.4) is 0 Å². The Morgan fingerprint density at radius 1 is 1.45 bits per heavy atom. The fourth-order valence-corrected chi connectivity index (χ4v) is 2.37. The predicted molar refractivity (Wildman–Crippen MR) is 70.2 cm³/mol. The van der Waals surface area contributed by atoms with E-state index < -0.39 is 22.1 Å². The number of anilines is 1. The molecule has 0 unspecified atom stereocenters. The molecule has 7 heteroatoms. The number of hydrogen-bond acceptors (Lipinski definition) is 4. The average molecular weight is 282 g/mol. The molecule has 1 aliphatic heterocycles. The molecule has 1 fully saturated rings. The molecule has 0 spiro atoms. The van der Waals surface area contributed by atoms with Crippen LogP contribution in [0.25, 0.3) is 0 Å². The average Bonchev–Trinajstić information content (AvgIpc) is 2.39. The lowest BCUT2D eigenvalue weighted by Crippen LogP contribution is -2.42. The Bertz CT molecular complexity index is 553. The smallest absolute Gasteiger partial charge is 0.309 e. The van der Waals surface area contributed by atoms with Crippen molar-refractivity contribution < 1.29 is 19.2 Å². The summed E-state index contributed by atoms with van der Waals surface area (Å²) in [6.45, 7) is 2.47. The molecule has 20 heavy (non-hydrogen) atoms. The van der Waals surface area contributed by atoms with Crippen LogP contribution in [0.4, 0.5) is 15.8 Å². The maximum Gasteiger partial charge on any atom is 0.309 e. The van der Waals surface area contributed by atoms with Gasteiger partial charge in [-0.3, -0.25) is 14.9 Å². The van der Waals surface area contributed by atoms with Gasteiger partial charge in [-0.25, -0.2) is 4.39 Å². The van der Waals surface area contributed by atoms with E-state index in [1.807, 2.05) is 0 Å². The first-order valence-corrected chi connectivity index (χ1v) is 6.26. The van der Waals surface area contributed by atoms with E-state index in [1.54, 1.807) is 11.8 Å². The van der Waals surface area contributed by atoms with Crippen molar-refractivity contribution in [2.24, 2.45) is 5.41 Å². The molecule has 1 heterocycles. The Balaban J connectivity index is 2.23. The number of rotatable bonds is 3. The molecule has 0 saturated carbocycles. The Hall–Kier alpha value is -2.18. The third-order valence-electron chi connectivity index (χ3n) is 3.86. The number of halogens is 1. The number of nitrogens with zero attached hydrogens (tertiary/aromatic N) is 2. The second-order valence-corrected chi connectivity index (χ2v) is 5.24. The Morgan fingerprint density at radius 3 is 2.55 bits per heavy atom. The molecule has 1 aromatic rings. The van der Waals surface area contributed by atoms with Crippen molar-refractivity contribution >= 4 is 17.3 Å². The second-order valence-electron chi connectivity index (χ2n) is 5.24. The number of nitro benzene ring substituents is 1. The first-order valence-electron chi connectivity index (χ1n) is 6.26. The molecule has 0 bridgehead atoms. The van der Waals surface area contributed by atoms with Gasteiger partial charge in [-0.05, 0) is 31.9 Å². The van der Waals surface area contributed by atoms with E-state index in [-0.39, 0.29) is 5.69 Å². The summed E-state index contributed by atoms with van der Waals surface area (Å²) in [5.74, 6) is -1.52. The quantitative estimate of drug-likeness (QED) is 0.680. The highest BCUT2D eigenvalue weighted by molar-refractivity contribution is 5.75. The summed E-state index contributed by atoms with van der Waals surface area (Å²) < 4.78 is 13.1. The molecular weight excluding hydrogens is 267 g/mol. The number of piperidine rings is 1. The monoisotopic (exact) mass is 282 g/mol. The summed E-state index contributed by atoms with van der Waals surface area (Å²) in [5, 5.41) is 20.1. The lowest BCUT2D eigenvalue weighted by molar-refractivity contribution is -0.384. The van der Waals surface area contributed by atoms with Gasteiger partial charge >= 0.3 is 5.97 Å². The predicted octanol–water partition coefficient (Wildman–Crippen LogP) is 2.43. The molecular formula is C13H15FN2O4. The summed E-state index contributed by atoms with van der Waals surface area (Å²) in [4.78, 5) is 23.2. The Morgan fingerprint density at radius 2 is 2.05 bits per heavy atom. The molecule has 1 aliphatic rings. The van der Waals surface area contributed by atoms with Gasteiger partial charge in [0.1, 0.15) is 11.5 Å². The van der Waals surface area contributed by atoms with Gasteiger partial charge in [0, 0.05) is 13.1 Å². The van der Waals surface area contributed by atoms with E-state index >= 15 is 0 Å². The number of carboxylic acid groups (broad SMARTS) is 1. The number of carboxylic acids is 1. The van der Waals surface area contributed by atoms with Crippen molar-refractivity contribution in [3.05, 3.63) is 34.1 Å². The lowest BCUT2D eigenvalue weighted by Gasteiger charge is -2.37. The molecule has 0 aromatic heterocycles. The maximum absolute atomic E-state index is 13.1.